The molecule has 1 aliphatic heterocycles. The number of rotatable bonds is 5. The fourth-order valence-corrected chi connectivity index (χ4v) is 3.32. The zero-order chi connectivity index (χ0) is 17.8. The summed E-state index contributed by atoms with van der Waals surface area (Å²) >= 11 is 0. The van der Waals surface area contributed by atoms with Gasteiger partial charge in [0.05, 0.1) is 12.1 Å². The number of aliphatic hydroxyl groups is 1. The summed E-state index contributed by atoms with van der Waals surface area (Å²) < 4.78 is 1.97. The summed E-state index contributed by atoms with van der Waals surface area (Å²) in [6.07, 6.45) is 4.78. The van der Waals surface area contributed by atoms with E-state index in [1.54, 1.807) is 18.0 Å². The molecule has 0 saturated carbocycles. The van der Waals surface area contributed by atoms with Crippen LogP contribution in [0.3, 0.4) is 0 Å². The molecule has 0 aliphatic carbocycles. The van der Waals surface area contributed by atoms with Crippen LogP contribution >= 0.6 is 0 Å². The van der Waals surface area contributed by atoms with Crippen molar-refractivity contribution in [2.24, 2.45) is 13.0 Å². The standard InChI is InChI=1S/C19H26N4O2/c1-14(24)16-8-10-23(13-16)19(25)21-17(15-6-4-3-5-7-15)12-18-20-9-11-22(18)2/h3-7,9,11,14,16-17,24H,8,10,12-13H2,1-2H3,(H,21,25)/t14-,16-,17-/m0/s1. The van der Waals surface area contributed by atoms with Crippen molar-refractivity contribution in [2.75, 3.05) is 13.1 Å². The van der Waals surface area contributed by atoms with Gasteiger partial charge < -0.3 is 19.9 Å². The summed E-state index contributed by atoms with van der Waals surface area (Å²) in [4.78, 5) is 18.9. The Balaban J connectivity index is 1.72. The van der Waals surface area contributed by atoms with Gasteiger partial charge in [0.2, 0.25) is 0 Å². The highest BCUT2D eigenvalue weighted by Gasteiger charge is 2.30. The molecule has 25 heavy (non-hydrogen) atoms. The predicted molar refractivity (Wildman–Crippen MR) is 96.0 cm³/mol. The van der Waals surface area contributed by atoms with Gasteiger partial charge in [-0.25, -0.2) is 9.78 Å². The van der Waals surface area contributed by atoms with E-state index >= 15 is 0 Å². The van der Waals surface area contributed by atoms with Crippen molar-refractivity contribution in [3.8, 4) is 0 Å². The number of aryl methyl sites for hydroxylation is 1. The number of urea groups is 1. The fraction of sp³-hybridized carbons (Fsp3) is 0.474. The monoisotopic (exact) mass is 342 g/mol. The van der Waals surface area contributed by atoms with Gasteiger partial charge in [-0.1, -0.05) is 30.3 Å². The Morgan fingerprint density at radius 2 is 2.16 bits per heavy atom. The van der Waals surface area contributed by atoms with Crippen LogP contribution in [0.15, 0.2) is 42.7 Å². The molecular formula is C19H26N4O2. The Morgan fingerprint density at radius 3 is 2.76 bits per heavy atom. The number of hydrogen-bond acceptors (Lipinski definition) is 3. The van der Waals surface area contributed by atoms with Gasteiger partial charge in [0, 0.05) is 44.9 Å². The third-order valence-corrected chi connectivity index (χ3v) is 5.00. The van der Waals surface area contributed by atoms with Crippen LogP contribution in [0.2, 0.25) is 0 Å². The molecule has 0 bridgehead atoms. The van der Waals surface area contributed by atoms with Crippen molar-refractivity contribution in [1.82, 2.24) is 19.8 Å². The van der Waals surface area contributed by atoms with Gasteiger partial charge in [-0.05, 0) is 18.9 Å². The van der Waals surface area contributed by atoms with Crippen molar-refractivity contribution in [2.45, 2.75) is 31.9 Å². The topological polar surface area (TPSA) is 70.4 Å². The number of likely N-dealkylation sites (tertiary alicyclic amines) is 1. The second-order valence-corrected chi connectivity index (χ2v) is 6.81. The van der Waals surface area contributed by atoms with Crippen molar-refractivity contribution in [1.29, 1.82) is 0 Å². The van der Waals surface area contributed by atoms with Crippen LogP contribution in [0, 0.1) is 5.92 Å². The Morgan fingerprint density at radius 1 is 1.40 bits per heavy atom. The second kappa shape index (κ2) is 7.70. The molecule has 134 valence electrons. The number of carbonyl (C=O) groups is 1. The van der Waals surface area contributed by atoms with Crippen molar-refractivity contribution in [3.63, 3.8) is 0 Å². The van der Waals surface area contributed by atoms with Crippen LogP contribution in [-0.4, -0.2) is 44.8 Å². The summed E-state index contributed by atoms with van der Waals surface area (Å²) in [5, 5.41) is 12.9. The lowest BCUT2D eigenvalue weighted by molar-refractivity contribution is 0.129. The fourth-order valence-electron chi connectivity index (χ4n) is 3.32. The number of aliphatic hydroxyl groups excluding tert-OH is 1. The molecule has 1 aliphatic rings. The average molecular weight is 342 g/mol. The molecule has 3 rings (SSSR count). The smallest absolute Gasteiger partial charge is 0.317 e. The highest BCUT2D eigenvalue weighted by Crippen LogP contribution is 2.22. The highest BCUT2D eigenvalue weighted by molar-refractivity contribution is 5.75. The van der Waals surface area contributed by atoms with E-state index in [-0.39, 0.29) is 24.1 Å². The van der Waals surface area contributed by atoms with Gasteiger partial charge in [-0.2, -0.15) is 0 Å². The molecule has 2 N–H and O–H groups in total. The third-order valence-electron chi connectivity index (χ3n) is 5.00. The minimum absolute atomic E-state index is 0.0776. The van der Waals surface area contributed by atoms with E-state index in [1.807, 2.05) is 48.1 Å². The number of hydrogen-bond donors (Lipinski definition) is 2. The van der Waals surface area contributed by atoms with E-state index < -0.39 is 0 Å². The maximum Gasteiger partial charge on any atom is 0.317 e. The zero-order valence-corrected chi connectivity index (χ0v) is 14.8. The van der Waals surface area contributed by atoms with Gasteiger partial charge in [0.25, 0.3) is 0 Å². The normalized spacial score (nSPS) is 19.6. The average Bonchev–Trinajstić information content (AvgIpc) is 3.25. The number of imidazole rings is 1. The molecule has 1 fully saturated rings. The van der Waals surface area contributed by atoms with E-state index in [1.165, 1.54) is 0 Å². The van der Waals surface area contributed by atoms with Gasteiger partial charge in [-0.15, -0.1) is 0 Å². The quantitative estimate of drug-likeness (QED) is 0.874. The number of benzene rings is 1. The maximum atomic E-state index is 12.7. The van der Waals surface area contributed by atoms with E-state index in [2.05, 4.69) is 10.3 Å². The first-order valence-corrected chi connectivity index (χ1v) is 8.79. The number of nitrogens with zero attached hydrogens (tertiary/aromatic N) is 3. The van der Waals surface area contributed by atoms with Crippen molar-refractivity contribution < 1.29 is 9.90 Å². The number of aromatic nitrogens is 2. The molecule has 2 amide bonds. The minimum Gasteiger partial charge on any atom is -0.393 e. The molecule has 0 spiro atoms. The van der Waals surface area contributed by atoms with E-state index in [0.717, 1.165) is 17.8 Å². The summed E-state index contributed by atoms with van der Waals surface area (Å²) in [5.41, 5.74) is 1.06. The van der Waals surface area contributed by atoms with Crippen LogP contribution in [-0.2, 0) is 13.5 Å². The van der Waals surface area contributed by atoms with Gasteiger partial charge in [0.1, 0.15) is 5.82 Å². The predicted octanol–water partition coefficient (Wildman–Crippen LogP) is 2.12. The van der Waals surface area contributed by atoms with Crippen LogP contribution in [0.4, 0.5) is 4.79 Å². The molecule has 3 atom stereocenters. The first kappa shape index (κ1) is 17.5. The Labute approximate surface area is 148 Å². The summed E-state index contributed by atoms with van der Waals surface area (Å²) in [7, 11) is 1.96. The largest absolute Gasteiger partial charge is 0.393 e. The molecule has 2 aromatic rings. The lowest BCUT2D eigenvalue weighted by Gasteiger charge is -2.24. The van der Waals surface area contributed by atoms with E-state index in [4.69, 9.17) is 0 Å². The van der Waals surface area contributed by atoms with Gasteiger partial charge in [0.15, 0.2) is 0 Å². The van der Waals surface area contributed by atoms with Gasteiger partial charge in [-0.3, -0.25) is 0 Å². The number of nitrogens with one attached hydrogen (secondary N) is 1. The van der Waals surface area contributed by atoms with Crippen LogP contribution < -0.4 is 5.32 Å². The summed E-state index contributed by atoms with van der Waals surface area (Å²) in [6.45, 7) is 3.08. The molecule has 1 aromatic carbocycles. The Bertz CT molecular complexity index is 698. The highest BCUT2D eigenvalue weighted by atomic mass is 16.3. The minimum atomic E-state index is -0.379. The van der Waals surface area contributed by atoms with Crippen LogP contribution in [0.25, 0.3) is 0 Å². The van der Waals surface area contributed by atoms with Crippen LogP contribution in [0.1, 0.15) is 30.8 Å². The molecule has 2 heterocycles. The van der Waals surface area contributed by atoms with Crippen LogP contribution in [0.5, 0.6) is 0 Å². The van der Waals surface area contributed by atoms with Gasteiger partial charge >= 0.3 is 6.03 Å². The maximum absolute atomic E-state index is 12.7. The lowest BCUT2D eigenvalue weighted by Crippen LogP contribution is -2.41. The summed E-state index contributed by atoms with van der Waals surface area (Å²) in [6, 6.07) is 9.76. The van der Waals surface area contributed by atoms with Crippen molar-refractivity contribution in [3.05, 3.63) is 54.1 Å². The molecule has 1 aromatic heterocycles. The Hall–Kier alpha value is -2.34. The third kappa shape index (κ3) is 4.20. The van der Waals surface area contributed by atoms with E-state index in [9.17, 15) is 9.90 Å². The number of carbonyl (C=O) groups excluding carboxylic acids is 1. The molecule has 6 heteroatoms. The van der Waals surface area contributed by atoms with Crippen molar-refractivity contribution >= 4 is 6.03 Å². The Kier molecular flexibility index (Phi) is 5.38. The molecule has 0 radical (unpaired) electrons. The SMILES string of the molecule is C[C@H](O)[C@H]1CCN(C(=O)N[C@@H](Cc2nccn2C)c2ccccc2)C1. The molecule has 6 nitrogen and oxygen atoms in total. The first-order chi connectivity index (χ1) is 12.0. The summed E-state index contributed by atoms with van der Waals surface area (Å²) in [5.74, 6) is 1.09. The van der Waals surface area contributed by atoms with E-state index in [0.29, 0.717) is 19.5 Å². The zero-order valence-electron chi connectivity index (χ0n) is 14.8. The first-order valence-electron chi connectivity index (χ1n) is 8.79. The lowest BCUT2D eigenvalue weighted by atomic mass is 10.0. The molecule has 1 saturated heterocycles. The molecular weight excluding hydrogens is 316 g/mol. The number of amides is 2. The molecule has 0 unspecified atom stereocenters. The second-order valence-electron chi connectivity index (χ2n) is 6.81.